The fourth-order valence-electron chi connectivity index (χ4n) is 1.33. The smallest absolute Gasteiger partial charge is 0.162 e. The minimum Gasteiger partial charge on any atom is -0.486 e. The summed E-state index contributed by atoms with van der Waals surface area (Å²) < 4.78 is 10.7. The van der Waals surface area contributed by atoms with Crippen LogP contribution in [-0.4, -0.2) is 26.8 Å². The van der Waals surface area contributed by atoms with E-state index >= 15 is 0 Å². The van der Waals surface area contributed by atoms with Gasteiger partial charge in [0, 0.05) is 5.56 Å². The predicted octanol–water partition coefficient (Wildman–Crippen LogP) is 1.23. The molecule has 1 heterocycles. The van der Waals surface area contributed by atoms with E-state index in [1.807, 2.05) is 0 Å². The van der Waals surface area contributed by atoms with E-state index in [9.17, 15) is 4.79 Å². The number of rotatable bonds is 2. The zero-order valence-electron chi connectivity index (χ0n) is 7.66. The lowest BCUT2D eigenvalue weighted by Gasteiger charge is -2.18. The number of ether oxygens (including phenoxy) is 2. The topological polar surface area (TPSA) is 35.5 Å². The van der Waals surface area contributed by atoms with Crippen LogP contribution in [0.1, 0.15) is 10.4 Å². The fourth-order valence-corrected chi connectivity index (χ4v) is 1.33. The van der Waals surface area contributed by atoms with Gasteiger partial charge in [0.15, 0.2) is 17.3 Å². The molecule has 4 heteroatoms. The molecule has 14 heavy (non-hydrogen) atoms. The van der Waals surface area contributed by atoms with Gasteiger partial charge in [-0.1, -0.05) is 0 Å². The maximum Gasteiger partial charge on any atom is 0.162 e. The molecule has 1 aromatic carbocycles. The molecule has 0 aliphatic carbocycles. The molecule has 0 amide bonds. The van der Waals surface area contributed by atoms with Crippen molar-refractivity contribution in [1.29, 1.82) is 0 Å². The number of ketones is 1. The van der Waals surface area contributed by atoms with Crippen molar-refractivity contribution in [3.63, 3.8) is 0 Å². The van der Waals surface area contributed by atoms with Gasteiger partial charge in [0.05, 0.1) is 7.85 Å². The zero-order valence-corrected chi connectivity index (χ0v) is 7.66. The van der Waals surface area contributed by atoms with Crippen molar-refractivity contribution in [3.8, 4) is 11.5 Å². The molecule has 0 N–H and O–H groups in total. The first-order valence-corrected chi connectivity index (χ1v) is 4.44. The van der Waals surface area contributed by atoms with Gasteiger partial charge in [-0.05, 0) is 24.5 Å². The molecule has 0 aromatic heterocycles. The molecule has 3 nitrogen and oxygen atoms in total. The third-order valence-corrected chi connectivity index (χ3v) is 2.05. The van der Waals surface area contributed by atoms with Crippen molar-refractivity contribution in [3.05, 3.63) is 23.8 Å². The van der Waals surface area contributed by atoms with Gasteiger partial charge in [-0.3, -0.25) is 4.79 Å². The molecule has 0 fully saturated rings. The number of carbonyl (C=O) groups is 1. The summed E-state index contributed by atoms with van der Waals surface area (Å²) in [5.41, 5.74) is 0.566. The van der Waals surface area contributed by atoms with Gasteiger partial charge in [-0.15, -0.1) is 0 Å². The standard InChI is InChI=1S/C10H9BO3/c11-6-8(12)7-1-2-9-10(5-7)14-4-3-13-9/h1-2,5H,3-4,6H2. The Kier molecular flexibility index (Phi) is 2.44. The monoisotopic (exact) mass is 188 g/mol. The first-order chi connectivity index (χ1) is 6.81. The van der Waals surface area contributed by atoms with Crippen LogP contribution in [0.25, 0.3) is 0 Å². The Morgan fingerprint density at radius 1 is 1.29 bits per heavy atom. The van der Waals surface area contributed by atoms with Crippen molar-refractivity contribution in [2.24, 2.45) is 0 Å². The van der Waals surface area contributed by atoms with E-state index in [2.05, 4.69) is 0 Å². The summed E-state index contributed by atoms with van der Waals surface area (Å²) in [4.78, 5) is 11.3. The Bertz CT molecular complexity index is 362. The first-order valence-electron chi connectivity index (χ1n) is 4.44. The molecule has 70 valence electrons. The van der Waals surface area contributed by atoms with Crippen LogP contribution in [0.15, 0.2) is 18.2 Å². The Balaban J connectivity index is 2.33. The van der Waals surface area contributed by atoms with E-state index in [4.69, 9.17) is 17.3 Å². The summed E-state index contributed by atoms with van der Waals surface area (Å²) in [7, 11) is 5.26. The minimum absolute atomic E-state index is 0.0135. The zero-order chi connectivity index (χ0) is 9.97. The van der Waals surface area contributed by atoms with E-state index in [1.54, 1.807) is 18.2 Å². The van der Waals surface area contributed by atoms with Gasteiger partial charge in [0.1, 0.15) is 13.2 Å². The Labute approximate surface area is 83.4 Å². The fraction of sp³-hybridized carbons (Fsp3) is 0.300. The molecule has 0 bridgehead atoms. The van der Waals surface area contributed by atoms with Crippen LogP contribution in [0.4, 0.5) is 0 Å². The Morgan fingerprint density at radius 3 is 2.71 bits per heavy atom. The third kappa shape index (κ3) is 1.60. The van der Waals surface area contributed by atoms with Gasteiger partial charge in [0.2, 0.25) is 0 Å². The van der Waals surface area contributed by atoms with Crippen molar-refractivity contribution < 1.29 is 14.3 Å². The second-order valence-corrected chi connectivity index (χ2v) is 2.99. The van der Waals surface area contributed by atoms with Gasteiger partial charge < -0.3 is 9.47 Å². The first kappa shape index (κ1) is 9.12. The summed E-state index contributed by atoms with van der Waals surface area (Å²) >= 11 is 0. The number of Topliss-reactive ketones (excluding diaryl/α,β-unsaturated/α-hetero) is 1. The van der Waals surface area contributed by atoms with Crippen molar-refractivity contribution in [2.45, 2.75) is 6.32 Å². The minimum atomic E-state index is -0.0954. The average Bonchev–Trinajstić information content (AvgIpc) is 2.27. The second-order valence-electron chi connectivity index (χ2n) is 2.99. The van der Waals surface area contributed by atoms with Gasteiger partial charge in [-0.25, -0.2) is 0 Å². The SMILES string of the molecule is [B]CC(=O)c1ccc2c(c1)OCCO2. The van der Waals surface area contributed by atoms with Crippen molar-refractivity contribution >= 4 is 13.6 Å². The van der Waals surface area contributed by atoms with Crippen LogP contribution in [0.5, 0.6) is 11.5 Å². The molecule has 2 radical (unpaired) electrons. The molecule has 0 saturated heterocycles. The van der Waals surface area contributed by atoms with E-state index in [0.29, 0.717) is 30.3 Å². The number of fused-ring (bicyclic) bond motifs is 1. The molecule has 2 rings (SSSR count). The molecular weight excluding hydrogens is 179 g/mol. The molecule has 0 saturated carbocycles. The molecular formula is C10H9BO3. The molecule has 0 atom stereocenters. The quantitative estimate of drug-likeness (QED) is 0.517. The normalized spacial score (nSPS) is 13.7. The lowest BCUT2D eigenvalue weighted by atomic mass is 9.96. The van der Waals surface area contributed by atoms with Crippen LogP contribution in [-0.2, 0) is 0 Å². The number of hydrogen-bond acceptors (Lipinski definition) is 3. The van der Waals surface area contributed by atoms with E-state index in [1.165, 1.54) is 0 Å². The molecule has 1 aliphatic heterocycles. The van der Waals surface area contributed by atoms with Crippen LogP contribution >= 0.6 is 0 Å². The van der Waals surface area contributed by atoms with Crippen LogP contribution < -0.4 is 9.47 Å². The van der Waals surface area contributed by atoms with Gasteiger partial charge in [0.25, 0.3) is 0 Å². The summed E-state index contributed by atoms with van der Waals surface area (Å²) in [6.07, 6.45) is 0.0135. The van der Waals surface area contributed by atoms with E-state index in [-0.39, 0.29) is 12.1 Å². The van der Waals surface area contributed by atoms with Gasteiger partial charge in [-0.2, -0.15) is 0 Å². The number of hydrogen-bond donors (Lipinski definition) is 0. The average molecular weight is 188 g/mol. The number of benzene rings is 1. The van der Waals surface area contributed by atoms with Crippen LogP contribution in [0.3, 0.4) is 0 Å². The van der Waals surface area contributed by atoms with Gasteiger partial charge >= 0.3 is 0 Å². The summed E-state index contributed by atoms with van der Waals surface area (Å²) in [6, 6.07) is 5.10. The lowest BCUT2D eigenvalue weighted by Crippen LogP contribution is -2.15. The lowest BCUT2D eigenvalue weighted by molar-refractivity contribution is 0.101. The largest absolute Gasteiger partial charge is 0.486 e. The molecule has 1 aliphatic rings. The predicted molar refractivity (Wildman–Crippen MR) is 52.3 cm³/mol. The second kappa shape index (κ2) is 3.74. The molecule has 0 unspecified atom stereocenters. The van der Waals surface area contributed by atoms with Crippen LogP contribution in [0, 0.1) is 0 Å². The van der Waals surface area contributed by atoms with Crippen molar-refractivity contribution in [2.75, 3.05) is 13.2 Å². The maximum atomic E-state index is 11.3. The van der Waals surface area contributed by atoms with E-state index in [0.717, 1.165) is 0 Å². The molecule has 0 spiro atoms. The van der Waals surface area contributed by atoms with Crippen LogP contribution in [0.2, 0.25) is 6.32 Å². The third-order valence-electron chi connectivity index (χ3n) is 2.05. The maximum absolute atomic E-state index is 11.3. The van der Waals surface area contributed by atoms with E-state index < -0.39 is 0 Å². The highest BCUT2D eigenvalue weighted by Gasteiger charge is 2.13. The highest BCUT2D eigenvalue weighted by atomic mass is 16.6. The highest BCUT2D eigenvalue weighted by Crippen LogP contribution is 2.30. The molecule has 1 aromatic rings. The number of carbonyl (C=O) groups excluding carboxylic acids is 1. The summed E-state index contributed by atoms with van der Waals surface area (Å²) in [6.45, 7) is 1.07. The Hall–Kier alpha value is -1.45. The van der Waals surface area contributed by atoms with Crippen molar-refractivity contribution in [1.82, 2.24) is 0 Å². The summed E-state index contributed by atoms with van der Waals surface area (Å²) in [5.74, 6) is 1.21. The Morgan fingerprint density at radius 2 is 2.00 bits per heavy atom. The summed E-state index contributed by atoms with van der Waals surface area (Å²) in [5, 5.41) is 0. The highest BCUT2D eigenvalue weighted by molar-refractivity contribution is 6.24.